The summed E-state index contributed by atoms with van der Waals surface area (Å²) in [6, 6.07) is 5.71. The van der Waals surface area contributed by atoms with Gasteiger partial charge in [-0.25, -0.2) is 9.97 Å². The average Bonchev–Trinajstić information content (AvgIpc) is 3.09. The van der Waals surface area contributed by atoms with Gasteiger partial charge in [-0.3, -0.25) is 4.98 Å². The molecule has 0 saturated carbocycles. The Morgan fingerprint density at radius 2 is 2.04 bits per heavy atom. The molecule has 0 fully saturated rings. The largest absolute Gasteiger partial charge is 0.481 e. The van der Waals surface area contributed by atoms with Gasteiger partial charge in [0, 0.05) is 34.6 Å². The van der Waals surface area contributed by atoms with Crippen molar-refractivity contribution in [2.24, 2.45) is 0 Å². The maximum Gasteiger partial charge on any atom is 0.218 e. The molecule has 3 heterocycles. The van der Waals surface area contributed by atoms with E-state index in [2.05, 4.69) is 20.3 Å². The summed E-state index contributed by atoms with van der Waals surface area (Å²) in [6.45, 7) is 0.528. The molecule has 0 bridgehead atoms. The molecule has 118 valence electrons. The van der Waals surface area contributed by atoms with Crippen molar-refractivity contribution in [3.63, 3.8) is 0 Å². The van der Waals surface area contributed by atoms with E-state index in [1.54, 1.807) is 29.9 Å². The van der Waals surface area contributed by atoms with Crippen LogP contribution < -0.4 is 10.1 Å². The third-order valence-corrected chi connectivity index (χ3v) is 4.28. The first kappa shape index (κ1) is 15.4. The lowest BCUT2D eigenvalue weighted by Crippen LogP contribution is -2.01. The molecule has 6 nitrogen and oxygen atoms in total. The number of ether oxygens (including phenoxy) is 1. The van der Waals surface area contributed by atoms with Crippen molar-refractivity contribution < 1.29 is 9.84 Å². The summed E-state index contributed by atoms with van der Waals surface area (Å²) in [6.07, 6.45) is 7.06. The van der Waals surface area contributed by atoms with Gasteiger partial charge in [0.1, 0.15) is 5.01 Å². The van der Waals surface area contributed by atoms with Crippen LogP contribution in [0.25, 0.3) is 10.6 Å². The van der Waals surface area contributed by atoms with Gasteiger partial charge in [0.25, 0.3) is 0 Å². The fourth-order valence-corrected chi connectivity index (χ4v) is 2.96. The highest BCUT2D eigenvalue weighted by Gasteiger charge is 2.07. The molecule has 0 saturated heterocycles. The van der Waals surface area contributed by atoms with Crippen molar-refractivity contribution in [2.45, 2.75) is 13.2 Å². The predicted molar refractivity (Wildman–Crippen MR) is 89.4 cm³/mol. The first-order valence-corrected chi connectivity index (χ1v) is 7.84. The lowest BCUT2D eigenvalue weighted by atomic mass is 10.2. The third-order valence-electron chi connectivity index (χ3n) is 3.24. The summed E-state index contributed by atoms with van der Waals surface area (Å²) in [4.78, 5) is 13.7. The zero-order valence-corrected chi connectivity index (χ0v) is 13.4. The van der Waals surface area contributed by atoms with E-state index >= 15 is 0 Å². The molecule has 7 heteroatoms. The molecule has 0 aliphatic heterocycles. The van der Waals surface area contributed by atoms with Crippen molar-refractivity contribution in [3.05, 3.63) is 53.4 Å². The van der Waals surface area contributed by atoms with Crippen molar-refractivity contribution in [3.8, 4) is 16.5 Å². The molecule has 0 aliphatic rings. The van der Waals surface area contributed by atoms with E-state index in [-0.39, 0.29) is 6.61 Å². The Bertz CT molecular complexity index is 777. The molecular formula is C16H16N4O2S. The molecule has 0 radical (unpaired) electrons. The highest BCUT2D eigenvalue weighted by Crippen LogP contribution is 2.25. The molecule has 0 aliphatic carbocycles. The summed E-state index contributed by atoms with van der Waals surface area (Å²) in [5, 5.41) is 13.6. The molecule has 23 heavy (non-hydrogen) atoms. The lowest BCUT2D eigenvalue weighted by Gasteiger charge is -2.09. The number of rotatable bonds is 6. The maximum atomic E-state index is 9.33. The second kappa shape index (κ2) is 7.17. The third kappa shape index (κ3) is 3.64. The first-order valence-electron chi connectivity index (χ1n) is 7.03. The number of hydrogen-bond donors (Lipinski definition) is 2. The van der Waals surface area contributed by atoms with Gasteiger partial charge in [-0.05, 0) is 18.2 Å². The van der Waals surface area contributed by atoms with Crippen molar-refractivity contribution in [1.82, 2.24) is 15.0 Å². The van der Waals surface area contributed by atoms with Crippen LogP contribution >= 0.6 is 11.3 Å². The summed E-state index contributed by atoms with van der Waals surface area (Å²) >= 11 is 1.63. The van der Waals surface area contributed by atoms with Crippen LogP contribution in [0.3, 0.4) is 0 Å². The molecule has 0 aromatic carbocycles. The van der Waals surface area contributed by atoms with Gasteiger partial charge in [-0.2, -0.15) is 0 Å². The molecular weight excluding hydrogens is 312 g/mol. The zero-order valence-electron chi connectivity index (χ0n) is 12.6. The van der Waals surface area contributed by atoms with Gasteiger partial charge in [0.15, 0.2) is 0 Å². The molecule has 3 aromatic rings. The van der Waals surface area contributed by atoms with Crippen LogP contribution in [-0.4, -0.2) is 27.2 Å². The smallest absolute Gasteiger partial charge is 0.218 e. The van der Waals surface area contributed by atoms with Gasteiger partial charge < -0.3 is 15.2 Å². The van der Waals surface area contributed by atoms with Crippen LogP contribution in [0.5, 0.6) is 5.88 Å². The summed E-state index contributed by atoms with van der Waals surface area (Å²) in [5.74, 6) is 0.441. The summed E-state index contributed by atoms with van der Waals surface area (Å²) in [5.41, 5.74) is 2.54. The fourth-order valence-electron chi connectivity index (χ4n) is 2.10. The van der Waals surface area contributed by atoms with E-state index in [4.69, 9.17) is 4.74 Å². The lowest BCUT2D eigenvalue weighted by molar-refractivity contribution is 0.271. The van der Waals surface area contributed by atoms with E-state index in [9.17, 15) is 5.11 Å². The average molecular weight is 328 g/mol. The van der Waals surface area contributed by atoms with Gasteiger partial charge in [0.2, 0.25) is 5.88 Å². The monoisotopic (exact) mass is 328 g/mol. The van der Waals surface area contributed by atoms with Crippen LogP contribution in [0.2, 0.25) is 0 Å². The predicted octanol–water partition coefficient (Wildman–Crippen LogP) is 2.71. The van der Waals surface area contributed by atoms with Gasteiger partial charge in [-0.1, -0.05) is 0 Å². The minimum Gasteiger partial charge on any atom is -0.481 e. The number of pyridine rings is 2. The van der Waals surface area contributed by atoms with Crippen LogP contribution in [0.1, 0.15) is 10.4 Å². The van der Waals surface area contributed by atoms with Crippen molar-refractivity contribution in [1.29, 1.82) is 0 Å². The number of aliphatic hydroxyl groups is 1. The normalized spacial score (nSPS) is 10.5. The summed E-state index contributed by atoms with van der Waals surface area (Å²) < 4.78 is 5.09. The van der Waals surface area contributed by atoms with Crippen LogP contribution in [-0.2, 0) is 13.2 Å². The Morgan fingerprint density at radius 3 is 2.78 bits per heavy atom. The number of aliphatic hydroxyl groups excluding tert-OH is 1. The second-order valence-electron chi connectivity index (χ2n) is 4.77. The van der Waals surface area contributed by atoms with Crippen LogP contribution in [0.4, 0.5) is 5.69 Å². The Kier molecular flexibility index (Phi) is 4.80. The highest BCUT2D eigenvalue weighted by atomic mass is 32.1. The molecule has 2 N–H and O–H groups in total. The van der Waals surface area contributed by atoms with E-state index < -0.39 is 0 Å². The topological polar surface area (TPSA) is 80.2 Å². The Labute approximate surface area is 137 Å². The van der Waals surface area contributed by atoms with Crippen LogP contribution in [0.15, 0.2) is 43.0 Å². The van der Waals surface area contributed by atoms with E-state index in [1.807, 2.05) is 24.4 Å². The number of hydrogen-bond acceptors (Lipinski definition) is 7. The number of thiazole rings is 1. The number of methoxy groups -OCH3 is 1. The second-order valence-corrected chi connectivity index (χ2v) is 5.89. The van der Waals surface area contributed by atoms with Crippen LogP contribution in [0, 0.1) is 0 Å². The number of anilines is 1. The Hall–Kier alpha value is -2.51. The van der Waals surface area contributed by atoms with Gasteiger partial charge >= 0.3 is 0 Å². The number of nitrogens with zero attached hydrogens (tertiary/aromatic N) is 3. The molecule has 0 amide bonds. The summed E-state index contributed by atoms with van der Waals surface area (Å²) in [7, 11) is 1.53. The molecule has 0 atom stereocenters. The standard InChI is InChI=1S/C16H16N4O2S/c1-22-15-12(10-21)6-13(7-19-15)18-8-14-9-20-16(23-14)11-2-4-17-5-3-11/h2-7,9,18,21H,8,10H2,1H3. The minimum absolute atomic E-state index is 0.113. The minimum atomic E-state index is -0.113. The van der Waals surface area contributed by atoms with Crippen molar-refractivity contribution in [2.75, 3.05) is 12.4 Å². The van der Waals surface area contributed by atoms with E-state index in [0.29, 0.717) is 18.0 Å². The van der Waals surface area contributed by atoms with Gasteiger partial charge in [-0.15, -0.1) is 11.3 Å². The molecule has 3 rings (SSSR count). The number of aromatic nitrogens is 3. The highest BCUT2D eigenvalue weighted by molar-refractivity contribution is 7.15. The zero-order chi connectivity index (χ0) is 16.1. The van der Waals surface area contributed by atoms with Gasteiger partial charge in [0.05, 0.1) is 32.1 Å². The van der Waals surface area contributed by atoms with E-state index in [1.165, 1.54) is 7.11 Å². The SMILES string of the molecule is COc1ncc(NCc2cnc(-c3ccncc3)s2)cc1CO. The molecule has 0 unspecified atom stereocenters. The molecule has 3 aromatic heterocycles. The quantitative estimate of drug-likeness (QED) is 0.724. The molecule has 0 spiro atoms. The van der Waals surface area contributed by atoms with E-state index in [0.717, 1.165) is 21.1 Å². The Balaban J connectivity index is 1.68. The van der Waals surface area contributed by atoms with Crippen molar-refractivity contribution >= 4 is 17.0 Å². The Morgan fingerprint density at radius 1 is 1.22 bits per heavy atom. The first-order chi connectivity index (χ1) is 11.3. The maximum absolute atomic E-state index is 9.33. The fraction of sp³-hybridized carbons (Fsp3) is 0.188. The number of nitrogens with one attached hydrogen (secondary N) is 1.